The van der Waals surface area contributed by atoms with Gasteiger partial charge in [-0.25, -0.2) is 12.2 Å². The van der Waals surface area contributed by atoms with Crippen LogP contribution in [-0.2, 0) is 26.2 Å². The fourth-order valence-corrected chi connectivity index (χ4v) is 0.340. The van der Waals surface area contributed by atoms with Gasteiger partial charge in [-0.15, -0.1) is 6.42 Å². The van der Waals surface area contributed by atoms with Crippen LogP contribution in [0.1, 0.15) is 6.42 Å². The molecule has 0 aromatic heterocycles. The fourth-order valence-electron chi connectivity index (χ4n) is 0.340. The minimum absolute atomic E-state index is 0. The van der Waals surface area contributed by atoms with Crippen molar-refractivity contribution in [1.82, 2.24) is 0 Å². The third kappa shape index (κ3) is 15.7. The second-order valence-electron chi connectivity index (χ2n) is 1.00. The molecule has 0 spiro atoms. The largest absolute Gasteiger partial charge is 3.00 e. The van der Waals surface area contributed by atoms with E-state index < -0.39 is 0 Å². The molecule has 2 nitrogen and oxygen atoms in total. The standard InChI is InChI=1S/C5H5.2CH3O.Zr/c1-2-4-5-3-1;2*1-2;/h1-3H,4H2;2*1H3;/q3*-1;+3. The predicted molar refractivity (Wildman–Crippen MR) is 33.4 cm³/mol. The minimum atomic E-state index is 0. The van der Waals surface area contributed by atoms with E-state index in [-0.39, 0.29) is 26.2 Å². The number of rotatable bonds is 0. The maximum Gasteiger partial charge on any atom is 3.00 e. The summed E-state index contributed by atoms with van der Waals surface area (Å²) < 4.78 is 0. The van der Waals surface area contributed by atoms with E-state index in [0.29, 0.717) is 0 Å². The molecule has 0 unspecified atom stereocenters. The van der Waals surface area contributed by atoms with Crippen LogP contribution in [0.5, 0.6) is 0 Å². The van der Waals surface area contributed by atoms with Crippen molar-refractivity contribution < 1.29 is 36.4 Å². The average molecular weight is 218 g/mol. The molecule has 1 radical (unpaired) electrons. The van der Waals surface area contributed by atoms with Gasteiger partial charge in [0.15, 0.2) is 0 Å². The molecule has 0 saturated heterocycles. The van der Waals surface area contributed by atoms with Crippen LogP contribution in [-0.4, -0.2) is 14.2 Å². The molecule has 0 atom stereocenters. The second kappa shape index (κ2) is 22.8. The summed E-state index contributed by atoms with van der Waals surface area (Å²) in [6, 6.07) is 0. The summed E-state index contributed by atoms with van der Waals surface area (Å²) in [6.07, 6.45) is 10.0. The molecule has 0 fully saturated rings. The molecule has 0 aromatic carbocycles. The molecule has 10 heavy (non-hydrogen) atoms. The van der Waals surface area contributed by atoms with Gasteiger partial charge in [0.05, 0.1) is 0 Å². The molecular weight excluding hydrogens is 207 g/mol. The van der Waals surface area contributed by atoms with E-state index in [9.17, 15) is 0 Å². The van der Waals surface area contributed by atoms with E-state index in [2.05, 4.69) is 12.2 Å². The molecule has 1 aliphatic rings. The van der Waals surface area contributed by atoms with Gasteiger partial charge in [-0.05, 0) is 0 Å². The summed E-state index contributed by atoms with van der Waals surface area (Å²) in [4.78, 5) is 0. The third-order valence-corrected chi connectivity index (χ3v) is 0.586. The van der Waals surface area contributed by atoms with Gasteiger partial charge in [0, 0.05) is 0 Å². The third-order valence-electron chi connectivity index (χ3n) is 0.586. The van der Waals surface area contributed by atoms with Crippen LogP contribution in [0.15, 0.2) is 18.2 Å². The molecule has 0 aliphatic heterocycles. The topological polar surface area (TPSA) is 46.1 Å². The van der Waals surface area contributed by atoms with E-state index in [1.807, 2.05) is 12.2 Å². The summed E-state index contributed by atoms with van der Waals surface area (Å²) >= 11 is 0. The monoisotopic (exact) mass is 217 g/mol. The molecule has 0 N–H and O–H groups in total. The molecule has 0 heterocycles. The molecule has 0 aromatic rings. The van der Waals surface area contributed by atoms with Gasteiger partial charge in [0.2, 0.25) is 0 Å². The molecule has 0 amide bonds. The van der Waals surface area contributed by atoms with Crippen molar-refractivity contribution in [2.75, 3.05) is 14.2 Å². The Labute approximate surface area is 81.4 Å². The van der Waals surface area contributed by atoms with E-state index in [1.54, 1.807) is 0 Å². The first kappa shape index (κ1) is 16.7. The van der Waals surface area contributed by atoms with Crippen molar-refractivity contribution >= 4 is 0 Å². The Morgan fingerprint density at radius 2 is 1.70 bits per heavy atom. The van der Waals surface area contributed by atoms with Crippen LogP contribution in [0.2, 0.25) is 0 Å². The van der Waals surface area contributed by atoms with E-state index in [1.165, 1.54) is 0 Å². The molecule has 1 aliphatic carbocycles. The molecule has 55 valence electrons. The Balaban J connectivity index is -0.0000000875. The Hall–Kier alpha value is 0.283. The van der Waals surface area contributed by atoms with Crippen molar-refractivity contribution in [2.24, 2.45) is 0 Å². The van der Waals surface area contributed by atoms with Gasteiger partial charge >= 0.3 is 26.2 Å². The van der Waals surface area contributed by atoms with Crippen LogP contribution in [0.25, 0.3) is 0 Å². The maximum absolute atomic E-state index is 8.25. The average Bonchev–Trinajstić information content (AvgIpc) is 2.51. The van der Waals surface area contributed by atoms with Crippen molar-refractivity contribution in [3.8, 4) is 0 Å². The van der Waals surface area contributed by atoms with Gasteiger partial charge in [-0.1, -0.05) is 0 Å². The minimum Gasteiger partial charge on any atom is -0.857 e. The number of hydrogen-bond donors (Lipinski definition) is 0. The molecular formula is C7H11O2Zr. The first-order valence-electron chi connectivity index (χ1n) is 2.53. The van der Waals surface area contributed by atoms with Crippen molar-refractivity contribution in [3.63, 3.8) is 0 Å². The van der Waals surface area contributed by atoms with Crippen LogP contribution in [0.4, 0.5) is 0 Å². The Morgan fingerprint density at radius 3 is 1.80 bits per heavy atom. The SMILES string of the molecule is C[O-].C[O-].[C-]1=CC=CC1.[Zr+3]. The predicted octanol–water partition coefficient (Wildman–Crippen LogP) is -0.744. The Bertz CT molecular complexity index is 69.7. The quantitative estimate of drug-likeness (QED) is 0.503. The van der Waals surface area contributed by atoms with Crippen molar-refractivity contribution in [3.05, 3.63) is 24.3 Å². The zero-order valence-corrected chi connectivity index (χ0v) is 8.71. The van der Waals surface area contributed by atoms with Gasteiger partial charge in [0.1, 0.15) is 0 Å². The zero-order valence-electron chi connectivity index (χ0n) is 6.26. The zero-order chi connectivity index (χ0) is 7.54. The Morgan fingerprint density at radius 1 is 1.20 bits per heavy atom. The second-order valence-corrected chi connectivity index (χ2v) is 1.00. The van der Waals surface area contributed by atoms with Crippen LogP contribution in [0, 0.1) is 6.08 Å². The summed E-state index contributed by atoms with van der Waals surface area (Å²) in [5.74, 6) is 0. The van der Waals surface area contributed by atoms with Crippen molar-refractivity contribution in [1.29, 1.82) is 0 Å². The van der Waals surface area contributed by atoms with Crippen molar-refractivity contribution in [2.45, 2.75) is 6.42 Å². The summed E-state index contributed by atoms with van der Waals surface area (Å²) in [7, 11) is 1.50. The molecule has 0 saturated carbocycles. The molecule has 1 rings (SSSR count). The first-order valence-corrected chi connectivity index (χ1v) is 2.53. The molecule has 3 heteroatoms. The molecule has 0 bridgehead atoms. The summed E-state index contributed by atoms with van der Waals surface area (Å²) in [6.45, 7) is 0. The normalized spacial score (nSPS) is 10.0. The Kier molecular flexibility index (Phi) is 38.1. The van der Waals surface area contributed by atoms with E-state index in [0.717, 1.165) is 20.6 Å². The maximum atomic E-state index is 8.25. The van der Waals surface area contributed by atoms with E-state index >= 15 is 0 Å². The summed E-state index contributed by atoms with van der Waals surface area (Å²) in [5, 5.41) is 16.5. The van der Waals surface area contributed by atoms with Crippen LogP contribution >= 0.6 is 0 Å². The van der Waals surface area contributed by atoms with Gasteiger partial charge < -0.3 is 10.2 Å². The number of hydrogen-bond acceptors (Lipinski definition) is 2. The first-order chi connectivity index (χ1) is 4.50. The summed E-state index contributed by atoms with van der Waals surface area (Å²) in [5.41, 5.74) is 0. The fraction of sp³-hybridized carbons (Fsp3) is 0.429. The van der Waals surface area contributed by atoms with Gasteiger partial charge in [-0.2, -0.15) is 20.3 Å². The van der Waals surface area contributed by atoms with E-state index in [4.69, 9.17) is 10.2 Å². The van der Waals surface area contributed by atoms with Gasteiger partial charge in [-0.3, -0.25) is 6.08 Å². The van der Waals surface area contributed by atoms with Gasteiger partial charge in [0.25, 0.3) is 0 Å². The van der Waals surface area contributed by atoms with Crippen LogP contribution in [0.3, 0.4) is 0 Å². The number of allylic oxidation sites excluding steroid dienone is 4. The van der Waals surface area contributed by atoms with Crippen LogP contribution < -0.4 is 10.2 Å². The smallest absolute Gasteiger partial charge is 0.857 e.